The Morgan fingerprint density at radius 1 is 1.45 bits per heavy atom. The Morgan fingerprint density at radius 3 is 3.09 bits per heavy atom. The van der Waals surface area contributed by atoms with Gasteiger partial charge in [0.1, 0.15) is 11.1 Å². The van der Waals surface area contributed by atoms with Crippen molar-refractivity contribution in [2.24, 2.45) is 0 Å². The predicted octanol–water partition coefficient (Wildman–Crippen LogP) is 1.89. The van der Waals surface area contributed by atoms with Crippen LogP contribution in [0.3, 0.4) is 0 Å². The Kier molecular flexibility index (Phi) is 4.77. The molecule has 2 N–H and O–H groups in total. The van der Waals surface area contributed by atoms with Gasteiger partial charge in [-0.25, -0.2) is 0 Å². The molecular weight excluding hydrogens is 298 g/mol. The largest absolute Gasteiger partial charge is 0.395 e. The first kappa shape index (κ1) is 15.5. The van der Waals surface area contributed by atoms with Crippen LogP contribution in [0.2, 0.25) is 0 Å². The maximum Gasteiger partial charge on any atom is 0.226 e. The fourth-order valence-electron chi connectivity index (χ4n) is 3.44. The number of thiophene rings is 1. The Balaban J connectivity index is 1.57. The van der Waals surface area contributed by atoms with Crippen LogP contribution in [0.4, 0.5) is 5.00 Å². The minimum absolute atomic E-state index is 0.0417. The van der Waals surface area contributed by atoms with Crippen LogP contribution in [0.1, 0.15) is 41.7 Å². The van der Waals surface area contributed by atoms with Crippen LogP contribution in [0.15, 0.2) is 0 Å². The number of nitrogens with one attached hydrogen (secondary N) is 1. The highest BCUT2D eigenvalue weighted by Gasteiger charge is 2.25. The summed E-state index contributed by atoms with van der Waals surface area (Å²) in [6.07, 6.45) is 5.59. The van der Waals surface area contributed by atoms with Crippen molar-refractivity contribution in [3.8, 4) is 6.07 Å². The molecule has 1 aromatic heterocycles. The molecule has 0 radical (unpaired) electrons. The lowest BCUT2D eigenvalue weighted by Crippen LogP contribution is -2.34. The van der Waals surface area contributed by atoms with Crippen molar-refractivity contribution < 1.29 is 9.90 Å². The summed E-state index contributed by atoms with van der Waals surface area (Å²) < 4.78 is 0. The second-order valence-corrected chi connectivity index (χ2v) is 7.09. The normalized spacial score (nSPS) is 20.8. The van der Waals surface area contributed by atoms with Gasteiger partial charge in [-0.05, 0) is 44.2 Å². The van der Waals surface area contributed by atoms with E-state index in [2.05, 4.69) is 16.3 Å². The van der Waals surface area contributed by atoms with Crippen molar-refractivity contribution in [2.45, 2.75) is 44.6 Å². The molecule has 3 rings (SSSR count). The molecule has 0 aromatic carbocycles. The third-order valence-electron chi connectivity index (χ3n) is 4.62. The number of hydrogen-bond donors (Lipinski definition) is 2. The van der Waals surface area contributed by atoms with E-state index in [0.717, 1.165) is 49.2 Å². The van der Waals surface area contributed by atoms with Gasteiger partial charge in [0.25, 0.3) is 0 Å². The molecule has 1 amide bonds. The third kappa shape index (κ3) is 3.02. The number of anilines is 1. The van der Waals surface area contributed by atoms with E-state index in [1.807, 2.05) is 0 Å². The number of nitriles is 1. The Morgan fingerprint density at radius 2 is 2.32 bits per heavy atom. The van der Waals surface area contributed by atoms with Crippen LogP contribution < -0.4 is 5.32 Å². The van der Waals surface area contributed by atoms with E-state index in [0.29, 0.717) is 18.5 Å². The van der Waals surface area contributed by atoms with Gasteiger partial charge >= 0.3 is 0 Å². The van der Waals surface area contributed by atoms with Gasteiger partial charge in [-0.3, -0.25) is 9.69 Å². The third-order valence-corrected chi connectivity index (χ3v) is 5.83. The number of nitrogens with zero attached hydrogens (tertiary/aromatic N) is 2. The fraction of sp³-hybridized carbons (Fsp3) is 0.625. The van der Waals surface area contributed by atoms with Gasteiger partial charge in [-0.15, -0.1) is 11.3 Å². The zero-order chi connectivity index (χ0) is 15.5. The monoisotopic (exact) mass is 319 g/mol. The number of carbonyl (C=O) groups excluding carboxylic acids is 1. The van der Waals surface area contributed by atoms with Crippen molar-refractivity contribution in [1.29, 1.82) is 5.26 Å². The molecule has 118 valence electrons. The van der Waals surface area contributed by atoms with E-state index in [1.54, 1.807) is 11.3 Å². The summed E-state index contributed by atoms with van der Waals surface area (Å²) in [7, 11) is 0. The number of aryl methyl sites for hydroxylation is 1. The van der Waals surface area contributed by atoms with Gasteiger partial charge in [0, 0.05) is 23.9 Å². The highest BCUT2D eigenvalue weighted by atomic mass is 32.1. The van der Waals surface area contributed by atoms with E-state index < -0.39 is 0 Å². The minimum Gasteiger partial charge on any atom is -0.395 e. The molecule has 1 aliphatic heterocycles. The summed E-state index contributed by atoms with van der Waals surface area (Å²) in [5.41, 5.74) is 1.81. The molecule has 1 aromatic rings. The lowest BCUT2D eigenvalue weighted by Gasteiger charge is -2.22. The molecule has 0 spiro atoms. The van der Waals surface area contributed by atoms with Crippen molar-refractivity contribution in [2.75, 3.05) is 25.0 Å². The van der Waals surface area contributed by atoms with E-state index in [9.17, 15) is 15.2 Å². The molecule has 5 nitrogen and oxygen atoms in total. The maximum absolute atomic E-state index is 12.2. The topological polar surface area (TPSA) is 76.4 Å². The minimum atomic E-state index is -0.0417. The average molecular weight is 319 g/mol. The second kappa shape index (κ2) is 6.78. The van der Waals surface area contributed by atoms with Crippen LogP contribution in [-0.2, 0) is 17.6 Å². The van der Waals surface area contributed by atoms with Crippen molar-refractivity contribution in [3.05, 3.63) is 16.0 Å². The van der Waals surface area contributed by atoms with Gasteiger partial charge < -0.3 is 10.4 Å². The summed E-state index contributed by atoms with van der Waals surface area (Å²) in [5, 5.41) is 22.3. The number of hydrogen-bond acceptors (Lipinski definition) is 5. The number of likely N-dealkylation sites (tertiary alicyclic amines) is 1. The van der Waals surface area contributed by atoms with Crippen molar-refractivity contribution >= 4 is 22.2 Å². The Bertz CT molecular complexity index is 605. The second-order valence-electron chi connectivity index (χ2n) is 5.99. The molecule has 6 heteroatoms. The highest BCUT2D eigenvalue weighted by Crippen LogP contribution is 2.38. The van der Waals surface area contributed by atoms with Gasteiger partial charge in [-0.2, -0.15) is 5.26 Å². The smallest absolute Gasteiger partial charge is 0.226 e. The summed E-state index contributed by atoms with van der Waals surface area (Å²) in [6, 6.07) is 2.45. The van der Waals surface area contributed by atoms with Crippen molar-refractivity contribution in [1.82, 2.24) is 4.90 Å². The van der Waals surface area contributed by atoms with Crippen LogP contribution >= 0.6 is 11.3 Å². The first-order chi connectivity index (χ1) is 10.7. The predicted molar refractivity (Wildman–Crippen MR) is 86.0 cm³/mol. The number of fused-ring (bicyclic) bond motifs is 1. The molecule has 1 atom stereocenters. The molecule has 2 heterocycles. The van der Waals surface area contributed by atoms with Gasteiger partial charge in [0.15, 0.2) is 0 Å². The lowest BCUT2D eigenvalue weighted by atomic mass is 10.1. The van der Waals surface area contributed by atoms with Gasteiger partial charge in [0.05, 0.1) is 12.2 Å². The summed E-state index contributed by atoms with van der Waals surface area (Å²) in [4.78, 5) is 15.6. The van der Waals surface area contributed by atoms with Gasteiger partial charge in [-0.1, -0.05) is 0 Å². The molecule has 2 aliphatic rings. The summed E-state index contributed by atoms with van der Waals surface area (Å²) in [6.45, 7) is 1.79. The lowest BCUT2D eigenvalue weighted by molar-refractivity contribution is -0.116. The molecule has 22 heavy (non-hydrogen) atoms. The molecule has 0 saturated carbocycles. The zero-order valence-corrected chi connectivity index (χ0v) is 13.4. The quantitative estimate of drug-likeness (QED) is 0.869. The molecule has 1 fully saturated rings. The van der Waals surface area contributed by atoms with E-state index >= 15 is 0 Å². The number of rotatable bonds is 5. The molecular formula is C16H21N3O2S. The molecule has 1 saturated heterocycles. The van der Waals surface area contributed by atoms with Crippen LogP contribution in [0, 0.1) is 11.3 Å². The summed E-state index contributed by atoms with van der Waals surface area (Å²) in [5.74, 6) is -0.0417. The standard InChI is InChI=1S/C16H21N3O2S/c17-9-13-12-4-1-5-14(12)22-16(13)18-15(21)6-8-19-7-2-3-11(19)10-20/h11,20H,1-8,10H2,(H,18,21)/t11-/m1/s1. The number of carbonyl (C=O) groups is 1. The van der Waals surface area contributed by atoms with E-state index in [4.69, 9.17) is 0 Å². The molecule has 1 aliphatic carbocycles. The SMILES string of the molecule is N#Cc1c(NC(=O)CCN2CCC[C@@H]2CO)sc2c1CCC2. The highest BCUT2D eigenvalue weighted by molar-refractivity contribution is 7.16. The van der Waals surface area contributed by atoms with E-state index in [1.165, 1.54) is 4.88 Å². The first-order valence-corrected chi connectivity index (χ1v) is 8.74. The average Bonchev–Trinajstić information content (AvgIpc) is 3.19. The van der Waals surface area contributed by atoms with Gasteiger partial charge in [0.2, 0.25) is 5.91 Å². The molecule has 0 bridgehead atoms. The summed E-state index contributed by atoms with van der Waals surface area (Å²) >= 11 is 1.56. The number of aliphatic hydroxyl groups is 1. The van der Waals surface area contributed by atoms with Crippen molar-refractivity contribution in [3.63, 3.8) is 0 Å². The Labute approximate surface area is 134 Å². The zero-order valence-electron chi connectivity index (χ0n) is 12.6. The fourth-order valence-corrected chi connectivity index (χ4v) is 4.70. The van der Waals surface area contributed by atoms with Crippen LogP contribution in [-0.4, -0.2) is 41.7 Å². The number of amides is 1. The first-order valence-electron chi connectivity index (χ1n) is 7.92. The maximum atomic E-state index is 12.2. The number of aliphatic hydroxyl groups excluding tert-OH is 1. The van der Waals surface area contributed by atoms with E-state index in [-0.39, 0.29) is 18.6 Å². The van der Waals surface area contributed by atoms with Crippen LogP contribution in [0.5, 0.6) is 0 Å². The Hall–Kier alpha value is -1.42. The van der Waals surface area contributed by atoms with Crippen LogP contribution in [0.25, 0.3) is 0 Å². The molecule has 0 unspecified atom stereocenters.